The summed E-state index contributed by atoms with van der Waals surface area (Å²) in [5.74, 6) is -1.16. The van der Waals surface area contributed by atoms with Crippen molar-refractivity contribution in [2.75, 3.05) is 0 Å². The SMILES string of the molecule is CC(=O)OC(OC(=O)[C@H](C)N)C(C)C. The summed E-state index contributed by atoms with van der Waals surface area (Å²) in [4.78, 5) is 21.8. The van der Waals surface area contributed by atoms with E-state index < -0.39 is 24.3 Å². The largest absolute Gasteiger partial charge is 0.425 e. The van der Waals surface area contributed by atoms with Crippen molar-refractivity contribution in [1.29, 1.82) is 0 Å². The molecule has 0 heterocycles. The third kappa shape index (κ3) is 4.81. The van der Waals surface area contributed by atoms with Gasteiger partial charge in [-0.05, 0) is 6.92 Å². The van der Waals surface area contributed by atoms with Crippen LogP contribution in [0.25, 0.3) is 0 Å². The van der Waals surface area contributed by atoms with Crippen LogP contribution in [0.3, 0.4) is 0 Å². The Bertz CT molecular complexity index is 213. The summed E-state index contributed by atoms with van der Waals surface area (Å²) in [7, 11) is 0. The molecule has 82 valence electrons. The van der Waals surface area contributed by atoms with Gasteiger partial charge >= 0.3 is 11.9 Å². The summed E-state index contributed by atoms with van der Waals surface area (Å²) in [6.45, 7) is 6.33. The zero-order chi connectivity index (χ0) is 11.3. The van der Waals surface area contributed by atoms with Gasteiger partial charge in [-0.2, -0.15) is 0 Å². The monoisotopic (exact) mass is 203 g/mol. The molecule has 2 atom stereocenters. The molecule has 0 aliphatic rings. The number of hydrogen-bond acceptors (Lipinski definition) is 5. The lowest BCUT2D eigenvalue weighted by Gasteiger charge is -2.21. The van der Waals surface area contributed by atoms with Crippen molar-refractivity contribution in [3.05, 3.63) is 0 Å². The minimum atomic E-state index is -0.856. The van der Waals surface area contributed by atoms with E-state index in [9.17, 15) is 9.59 Å². The van der Waals surface area contributed by atoms with Gasteiger partial charge in [-0.1, -0.05) is 13.8 Å². The van der Waals surface area contributed by atoms with Crippen molar-refractivity contribution in [2.24, 2.45) is 11.7 Å². The van der Waals surface area contributed by atoms with Crippen LogP contribution in [-0.4, -0.2) is 24.3 Å². The van der Waals surface area contributed by atoms with Gasteiger partial charge in [0.15, 0.2) is 0 Å². The molecule has 0 aromatic rings. The van der Waals surface area contributed by atoms with Crippen LogP contribution >= 0.6 is 0 Å². The van der Waals surface area contributed by atoms with Crippen molar-refractivity contribution in [2.45, 2.75) is 40.0 Å². The number of rotatable bonds is 4. The molecule has 2 N–H and O–H groups in total. The van der Waals surface area contributed by atoms with Crippen LogP contribution in [0, 0.1) is 5.92 Å². The molecule has 5 nitrogen and oxygen atoms in total. The average Bonchev–Trinajstić information content (AvgIpc) is 2.01. The number of carbonyl (C=O) groups is 2. The van der Waals surface area contributed by atoms with Gasteiger partial charge in [0, 0.05) is 12.8 Å². The fraction of sp³-hybridized carbons (Fsp3) is 0.778. The molecule has 0 aliphatic heterocycles. The van der Waals surface area contributed by atoms with Gasteiger partial charge in [0.2, 0.25) is 6.29 Å². The smallest absolute Gasteiger partial charge is 0.325 e. The average molecular weight is 203 g/mol. The number of nitrogens with two attached hydrogens (primary N) is 1. The third-order valence-electron chi connectivity index (χ3n) is 1.43. The van der Waals surface area contributed by atoms with Crippen molar-refractivity contribution in [3.63, 3.8) is 0 Å². The first-order valence-corrected chi connectivity index (χ1v) is 4.48. The zero-order valence-electron chi connectivity index (χ0n) is 8.94. The highest BCUT2D eigenvalue weighted by Gasteiger charge is 2.22. The van der Waals surface area contributed by atoms with Crippen molar-refractivity contribution in [3.8, 4) is 0 Å². The van der Waals surface area contributed by atoms with Gasteiger partial charge in [-0.3, -0.25) is 9.59 Å². The fourth-order valence-corrected chi connectivity index (χ4v) is 0.682. The Hall–Kier alpha value is -1.10. The van der Waals surface area contributed by atoms with E-state index in [4.69, 9.17) is 15.2 Å². The summed E-state index contributed by atoms with van der Waals surface area (Å²) in [6.07, 6.45) is -0.856. The predicted molar refractivity (Wildman–Crippen MR) is 50.1 cm³/mol. The van der Waals surface area contributed by atoms with Gasteiger partial charge < -0.3 is 15.2 Å². The summed E-state index contributed by atoms with van der Waals surface area (Å²) in [5, 5.41) is 0. The molecule has 0 aromatic heterocycles. The standard InChI is InChI=1S/C9H17NO4/c1-5(2)9(13-7(4)11)14-8(12)6(3)10/h5-6,9H,10H2,1-4H3/t6-,9?/m0/s1. The highest BCUT2D eigenvalue weighted by Crippen LogP contribution is 2.09. The normalized spacial score (nSPS) is 14.7. The molecular weight excluding hydrogens is 186 g/mol. The van der Waals surface area contributed by atoms with E-state index in [2.05, 4.69) is 0 Å². The molecule has 0 radical (unpaired) electrons. The van der Waals surface area contributed by atoms with Gasteiger partial charge in [0.1, 0.15) is 6.04 Å². The maximum absolute atomic E-state index is 11.1. The third-order valence-corrected chi connectivity index (χ3v) is 1.43. The van der Waals surface area contributed by atoms with Crippen LogP contribution in [0.1, 0.15) is 27.7 Å². The molecule has 0 fully saturated rings. The molecule has 0 rings (SSSR count). The van der Waals surface area contributed by atoms with E-state index in [1.165, 1.54) is 13.8 Å². The maximum Gasteiger partial charge on any atom is 0.325 e. The lowest BCUT2D eigenvalue weighted by atomic mass is 10.2. The van der Waals surface area contributed by atoms with Gasteiger partial charge in [0.25, 0.3) is 0 Å². The Morgan fingerprint density at radius 3 is 1.93 bits per heavy atom. The molecule has 14 heavy (non-hydrogen) atoms. The van der Waals surface area contributed by atoms with Crippen molar-refractivity contribution in [1.82, 2.24) is 0 Å². The molecule has 0 bridgehead atoms. The molecule has 0 saturated heterocycles. The highest BCUT2D eigenvalue weighted by molar-refractivity contribution is 5.75. The maximum atomic E-state index is 11.1. The van der Waals surface area contributed by atoms with E-state index in [0.29, 0.717) is 0 Å². The van der Waals surface area contributed by atoms with Crippen LogP contribution in [-0.2, 0) is 19.1 Å². The fourth-order valence-electron chi connectivity index (χ4n) is 0.682. The molecule has 0 aromatic carbocycles. The first-order valence-electron chi connectivity index (χ1n) is 4.48. The zero-order valence-corrected chi connectivity index (χ0v) is 8.94. The van der Waals surface area contributed by atoms with E-state index in [1.807, 2.05) is 0 Å². The molecule has 5 heteroatoms. The molecule has 1 unspecified atom stereocenters. The minimum absolute atomic E-state index is 0.0957. The number of carbonyl (C=O) groups excluding carboxylic acids is 2. The second-order valence-electron chi connectivity index (χ2n) is 3.45. The van der Waals surface area contributed by atoms with Crippen molar-refractivity contribution < 1.29 is 19.1 Å². The Morgan fingerprint density at radius 2 is 1.64 bits per heavy atom. The second kappa shape index (κ2) is 5.59. The van der Waals surface area contributed by atoms with Crippen LogP contribution in [0.15, 0.2) is 0 Å². The van der Waals surface area contributed by atoms with Crippen LogP contribution in [0.4, 0.5) is 0 Å². The van der Waals surface area contributed by atoms with Gasteiger partial charge in [-0.25, -0.2) is 0 Å². The summed E-state index contributed by atoms with van der Waals surface area (Å²) < 4.78 is 9.67. The summed E-state index contributed by atoms with van der Waals surface area (Å²) in [6, 6.07) is -0.716. The summed E-state index contributed by atoms with van der Waals surface area (Å²) >= 11 is 0. The van der Waals surface area contributed by atoms with Gasteiger partial charge in [-0.15, -0.1) is 0 Å². The molecule has 0 spiro atoms. The van der Waals surface area contributed by atoms with Crippen LogP contribution < -0.4 is 5.73 Å². The Kier molecular flexibility index (Phi) is 5.15. The van der Waals surface area contributed by atoms with Crippen LogP contribution in [0.2, 0.25) is 0 Å². The van der Waals surface area contributed by atoms with E-state index >= 15 is 0 Å². The lowest BCUT2D eigenvalue weighted by molar-refractivity contribution is -0.194. The quantitative estimate of drug-likeness (QED) is 0.529. The Labute approximate surface area is 83.5 Å². The van der Waals surface area contributed by atoms with E-state index in [-0.39, 0.29) is 5.92 Å². The van der Waals surface area contributed by atoms with Gasteiger partial charge in [0.05, 0.1) is 0 Å². The lowest BCUT2D eigenvalue weighted by Crippen LogP contribution is -2.36. The molecule has 0 aliphatic carbocycles. The second-order valence-corrected chi connectivity index (χ2v) is 3.45. The highest BCUT2D eigenvalue weighted by atomic mass is 16.7. The van der Waals surface area contributed by atoms with E-state index in [0.717, 1.165) is 0 Å². The number of ether oxygens (including phenoxy) is 2. The number of hydrogen-bond donors (Lipinski definition) is 1. The minimum Gasteiger partial charge on any atom is -0.425 e. The number of esters is 2. The Balaban J connectivity index is 4.23. The molecule has 0 saturated carbocycles. The Morgan fingerprint density at radius 1 is 1.14 bits per heavy atom. The van der Waals surface area contributed by atoms with Crippen molar-refractivity contribution >= 4 is 11.9 Å². The van der Waals surface area contributed by atoms with E-state index in [1.54, 1.807) is 13.8 Å². The first kappa shape index (κ1) is 12.9. The molecular formula is C9H17NO4. The topological polar surface area (TPSA) is 78.6 Å². The first-order chi connectivity index (χ1) is 6.34. The van der Waals surface area contributed by atoms with Crippen LogP contribution in [0.5, 0.6) is 0 Å². The predicted octanol–water partition coefficient (Wildman–Crippen LogP) is 0.422. The summed E-state index contributed by atoms with van der Waals surface area (Å²) in [5.41, 5.74) is 5.30. The molecule has 0 amide bonds.